The molecule has 0 atom stereocenters. The summed E-state index contributed by atoms with van der Waals surface area (Å²) < 4.78 is 12.2. The molecule has 0 saturated carbocycles. The number of carbonyl (C=O) groups is 1. The molecule has 0 heterocycles. The highest BCUT2D eigenvalue weighted by molar-refractivity contribution is 9.10. The number of benzene rings is 1. The molecular formula is C19H31BrN2O3. The van der Waals surface area contributed by atoms with Crippen LogP contribution in [-0.2, 0) is 11.3 Å². The van der Waals surface area contributed by atoms with Crippen LogP contribution in [0, 0.1) is 5.92 Å². The molecule has 5 nitrogen and oxygen atoms in total. The summed E-state index contributed by atoms with van der Waals surface area (Å²) in [5.74, 6) is 1.71. The lowest BCUT2D eigenvalue weighted by molar-refractivity contribution is -0.124. The second-order valence-electron chi connectivity index (χ2n) is 7.50. The number of hydrogen-bond donors (Lipinski definition) is 2. The first-order chi connectivity index (χ1) is 11.6. The minimum Gasteiger partial charge on any atom is -0.493 e. The van der Waals surface area contributed by atoms with E-state index in [0.717, 1.165) is 23.0 Å². The van der Waals surface area contributed by atoms with E-state index in [-0.39, 0.29) is 18.1 Å². The van der Waals surface area contributed by atoms with Gasteiger partial charge in [-0.2, -0.15) is 0 Å². The third-order valence-corrected chi connectivity index (χ3v) is 4.19. The van der Waals surface area contributed by atoms with Crippen LogP contribution < -0.4 is 20.1 Å². The van der Waals surface area contributed by atoms with E-state index in [0.29, 0.717) is 24.0 Å². The zero-order valence-corrected chi connectivity index (χ0v) is 17.7. The summed E-state index contributed by atoms with van der Waals surface area (Å²) in [6.07, 6.45) is 1.10. The van der Waals surface area contributed by atoms with Gasteiger partial charge in [-0.25, -0.2) is 0 Å². The molecule has 0 spiro atoms. The second-order valence-corrected chi connectivity index (χ2v) is 8.36. The molecule has 0 unspecified atom stereocenters. The van der Waals surface area contributed by atoms with E-state index < -0.39 is 0 Å². The highest BCUT2D eigenvalue weighted by Crippen LogP contribution is 2.36. The molecule has 142 valence electrons. The normalized spacial score (nSPS) is 11.5. The Morgan fingerprint density at radius 3 is 2.52 bits per heavy atom. The fraction of sp³-hybridized carbons (Fsp3) is 0.632. The van der Waals surface area contributed by atoms with Crippen LogP contribution in [0.1, 0.15) is 46.6 Å². The third kappa shape index (κ3) is 8.10. The van der Waals surface area contributed by atoms with Gasteiger partial charge in [-0.15, -0.1) is 0 Å². The summed E-state index contributed by atoms with van der Waals surface area (Å²) in [5.41, 5.74) is 0.662. The first-order valence-corrected chi connectivity index (χ1v) is 9.43. The highest BCUT2D eigenvalue weighted by Gasteiger charge is 2.18. The number of amides is 1. The summed E-state index contributed by atoms with van der Waals surface area (Å²) >= 11 is 3.57. The number of carbonyl (C=O) groups excluding carboxylic acids is 1. The highest BCUT2D eigenvalue weighted by atomic mass is 79.9. The molecule has 25 heavy (non-hydrogen) atoms. The van der Waals surface area contributed by atoms with E-state index in [9.17, 15) is 4.79 Å². The Bertz CT molecular complexity index is 569. The molecule has 1 aromatic carbocycles. The second kappa shape index (κ2) is 10.0. The molecule has 0 aliphatic heterocycles. The summed E-state index contributed by atoms with van der Waals surface area (Å²) in [6.45, 7) is 11.7. The van der Waals surface area contributed by atoms with Crippen molar-refractivity contribution in [3.05, 3.63) is 22.2 Å². The van der Waals surface area contributed by atoms with Crippen LogP contribution in [0.4, 0.5) is 0 Å². The van der Waals surface area contributed by atoms with Crippen molar-refractivity contribution in [3.8, 4) is 11.5 Å². The maximum absolute atomic E-state index is 12.1. The molecule has 0 aliphatic carbocycles. The summed E-state index contributed by atoms with van der Waals surface area (Å²) in [6, 6.07) is 3.76. The minimum absolute atomic E-state index is 0.0525. The lowest BCUT2D eigenvalue weighted by atomic mass is 10.1. The lowest BCUT2D eigenvalue weighted by Gasteiger charge is -2.21. The molecule has 2 N–H and O–H groups in total. The Kier molecular flexibility index (Phi) is 8.73. The van der Waals surface area contributed by atoms with Gasteiger partial charge in [0.05, 0.1) is 7.11 Å². The quantitative estimate of drug-likeness (QED) is 0.601. The van der Waals surface area contributed by atoms with E-state index in [2.05, 4.69) is 40.4 Å². The van der Waals surface area contributed by atoms with Crippen LogP contribution in [0.2, 0.25) is 0 Å². The largest absolute Gasteiger partial charge is 0.493 e. The molecule has 1 aromatic rings. The molecule has 0 aliphatic rings. The fourth-order valence-electron chi connectivity index (χ4n) is 2.26. The van der Waals surface area contributed by atoms with Crippen molar-refractivity contribution in [2.75, 3.05) is 20.3 Å². The summed E-state index contributed by atoms with van der Waals surface area (Å²) in [7, 11) is 1.60. The molecule has 0 radical (unpaired) electrons. The smallest absolute Gasteiger partial charge is 0.258 e. The number of ether oxygens (including phenoxy) is 2. The molecule has 0 fully saturated rings. The number of rotatable bonds is 9. The van der Waals surface area contributed by atoms with Crippen LogP contribution in [0.15, 0.2) is 16.6 Å². The molecule has 0 aromatic heterocycles. The van der Waals surface area contributed by atoms with Gasteiger partial charge in [-0.05, 0) is 51.8 Å². The van der Waals surface area contributed by atoms with Gasteiger partial charge < -0.3 is 20.1 Å². The van der Waals surface area contributed by atoms with E-state index in [1.54, 1.807) is 7.11 Å². The predicted molar refractivity (Wildman–Crippen MR) is 105 cm³/mol. The zero-order valence-electron chi connectivity index (χ0n) is 16.2. The summed E-state index contributed by atoms with van der Waals surface area (Å²) in [5, 5.41) is 6.32. The van der Waals surface area contributed by atoms with Crippen molar-refractivity contribution < 1.29 is 14.3 Å². The maximum atomic E-state index is 12.1. The molecular weight excluding hydrogens is 384 g/mol. The number of hydrogen-bond acceptors (Lipinski definition) is 4. The Balaban J connectivity index is 2.84. The number of nitrogens with one attached hydrogen (secondary N) is 2. The van der Waals surface area contributed by atoms with Crippen molar-refractivity contribution in [2.45, 2.75) is 53.1 Å². The fourth-order valence-corrected chi connectivity index (χ4v) is 2.71. The summed E-state index contributed by atoms with van der Waals surface area (Å²) in [4.78, 5) is 12.1. The molecule has 0 saturated heterocycles. The monoisotopic (exact) mass is 414 g/mol. The van der Waals surface area contributed by atoms with Crippen molar-refractivity contribution in [1.29, 1.82) is 0 Å². The average molecular weight is 415 g/mol. The van der Waals surface area contributed by atoms with E-state index in [1.165, 1.54) is 0 Å². The first-order valence-electron chi connectivity index (χ1n) is 8.64. The van der Waals surface area contributed by atoms with Gasteiger partial charge >= 0.3 is 0 Å². The van der Waals surface area contributed by atoms with E-state index >= 15 is 0 Å². The average Bonchev–Trinajstić information content (AvgIpc) is 2.49. The minimum atomic E-state index is -0.289. The number of halogens is 1. The standard InChI is InChI=1S/C19H31BrN2O3/c1-13(2)9-10-21-11-14-15(20)7-8-16(24-6)18(14)25-12-17(23)22-19(3,4)5/h7-8,13,21H,9-12H2,1-6H3,(H,22,23). The zero-order chi connectivity index (χ0) is 19.0. The van der Waals surface area contributed by atoms with Gasteiger partial charge in [0.1, 0.15) is 0 Å². The topological polar surface area (TPSA) is 59.6 Å². The van der Waals surface area contributed by atoms with Crippen molar-refractivity contribution in [1.82, 2.24) is 10.6 Å². The lowest BCUT2D eigenvalue weighted by Crippen LogP contribution is -2.43. The van der Waals surface area contributed by atoms with Crippen LogP contribution in [0.3, 0.4) is 0 Å². The van der Waals surface area contributed by atoms with Gasteiger partial charge in [0.25, 0.3) is 5.91 Å². The Labute approximate surface area is 160 Å². The van der Waals surface area contributed by atoms with Crippen molar-refractivity contribution in [2.24, 2.45) is 5.92 Å². The Hall–Kier alpha value is -1.27. The molecule has 0 bridgehead atoms. The van der Waals surface area contributed by atoms with Gasteiger partial charge in [-0.1, -0.05) is 29.8 Å². The Morgan fingerprint density at radius 1 is 1.28 bits per heavy atom. The first kappa shape index (κ1) is 21.8. The van der Waals surface area contributed by atoms with Gasteiger partial charge in [-0.3, -0.25) is 4.79 Å². The van der Waals surface area contributed by atoms with Crippen LogP contribution in [0.5, 0.6) is 11.5 Å². The van der Waals surface area contributed by atoms with E-state index in [1.807, 2.05) is 32.9 Å². The predicted octanol–water partition coefficient (Wildman–Crippen LogP) is 3.89. The maximum Gasteiger partial charge on any atom is 0.258 e. The molecule has 1 rings (SSSR count). The van der Waals surface area contributed by atoms with Crippen LogP contribution >= 0.6 is 15.9 Å². The van der Waals surface area contributed by atoms with E-state index in [4.69, 9.17) is 9.47 Å². The van der Waals surface area contributed by atoms with Gasteiger partial charge in [0.2, 0.25) is 0 Å². The third-order valence-electron chi connectivity index (χ3n) is 3.45. The van der Waals surface area contributed by atoms with Crippen molar-refractivity contribution >= 4 is 21.8 Å². The SMILES string of the molecule is COc1ccc(Br)c(CNCCC(C)C)c1OCC(=O)NC(C)(C)C. The van der Waals surface area contributed by atoms with Crippen LogP contribution in [-0.4, -0.2) is 31.7 Å². The number of methoxy groups -OCH3 is 1. The molecule has 6 heteroatoms. The van der Waals surface area contributed by atoms with Gasteiger partial charge in [0.15, 0.2) is 18.1 Å². The van der Waals surface area contributed by atoms with Crippen LogP contribution in [0.25, 0.3) is 0 Å². The van der Waals surface area contributed by atoms with Gasteiger partial charge in [0, 0.05) is 22.1 Å². The molecule has 1 amide bonds. The Morgan fingerprint density at radius 2 is 1.96 bits per heavy atom. The van der Waals surface area contributed by atoms with Crippen molar-refractivity contribution in [3.63, 3.8) is 0 Å².